The predicted molar refractivity (Wildman–Crippen MR) is 92.6 cm³/mol. The number of benzene rings is 1. The van der Waals surface area contributed by atoms with E-state index in [-0.39, 0.29) is 18.7 Å². The van der Waals surface area contributed by atoms with Crippen LogP contribution in [-0.4, -0.2) is 36.2 Å². The second-order valence-corrected chi connectivity index (χ2v) is 6.83. The summed E-state index contributed by atoms with van der Waals surface area (Å²) in [5.74, 6) is -1.33. The van der Waals surface area contributed by atoms with Crippen LogP contribution in [0.2, 0.25) is 0 Å². The first-order valence-electron chi connectivity index (χ1n) is 7.62. The molecule has 2 aromatic rings. The van der Waals surface area contributed by atoms with Gasteiger partial charge in [-0.1, -0.05) is 0 Å². The van der Waals surface area contributed by atoms with Gasteiger partial charge in [-0.2, -0.15) is 0 Å². The minimum absolute atomic E-state index is 0.128. The monoisotopic (exact) mass is 364 g/mol. The highest BCUT2D eigenvalue weighted by atomic mass is 32.1. The molecule has 0 radical (unpaired) electrons. The molecule has 1 aliphatic rings. The van der Waals surface area contributed by atoms with E-state index in [1.807, 2.05) is 13.8 Å². The van der Waals surface area contributed by atoms with Crippen molar-refractivity contribution < 1.29 is 18.7 Å². The lowest BCUT2D eigenvalue weighted by atomic mass is 10.1. The zero-order valence-corrected chi connectivity index (χ0v) is 14.5. The molecule has 0 bridgehead atoms. The van der Waals surface area contributed by atoms with Crippen LogP contribution in [0.4, 0.5) is 20.0 Å². The lowest BCUT2D eigenvalue weighted by molar-refractivity contribution is 0.102. The Kier molecular flexibility index (Phi) is 4.69. The Morgan fingerprint density at radius 2 is 2.28 bits per heavy atom. The molecule has 0 saturated carbocycles. The van der Waals surface area contributed by atoms with Crippen LogP contribution >= 0.6 is 11.3 Å². The van der Waals surface area contributed by atoms with E-state index in [4.69, 9.17) is 10.5 Å². The van der Waals surface area contributed by atoms with Gasteiger partial charge in [0.05, 0.1) is 23.5 Å². The zero-order valence-electron chi connectivity index (χ0n) is 13.7. The number of aryl methyl sites for hydroxylation is 2. The molecule has 1 aromatic heterocycles. The van der Waals surface area contributed by atoms with E-state index in [0.29, 0.717) is 10.8 Å². The second kappa shape index (κ2) is 6.77. The maximum Gasteiger partial charge on any atom is 0.414 e. The topological polar surface area (TPSA) is 97.6 Å². The summed E-state index contributed by atoms with van der Waals surface area (Å²) in [5, 5.41) is 3.00. The number of halogens is 1. The van der Waals surface area contributed by atoms with Gasteiger partial charge >= 0.3 is 6.09 Å². The highest BCUT2D eigenvalue weighted by Crippen LogP contribution is 2.25. The number of anilines is 2. The van der Waals surface area contributed by atoms with Crippen LogP contribution in [-0.2, 0) is 4.74 Å². The number of cyclic esters (lactones) is 1. The fourth-order valence-corrected chi connectivity index (χ4v) is 3.21. The number of aromatic nitrogens is 1. The number of nitrogens with zero attached hydrogens (tertiary/aromatic N) is 2. The van der Waals surface area contributed by atoms with E-state index in [1.165, 1.54) is 28.4 Å². The van der Waals surface area contributed by atoms with Gasteiger partial charge in [0.15, 0.2) is 5.13 Å². The SMILES string of the molecule is Cc1nc(NC(=O)c2ccc(N3C[C@H](CN)OC3=O)cc2F)sc1C. The smallest absolute Gasteiger partial charge is 0.414 e. The molecule has 1 aromatic carbocycles. The van der Waals surface area contributed by atoms with Crippen LogP contribution in [0.5, 0.6) is 0 Å². The molecule has 1 fully saturated rings. The summed E-state index contributed by atoms with van der Waals surface area (Å²) in [7, 11) is 0. The van der Waals surface area contributed by atoms with Gasteiger partial charge in [0, 0.05) is 11.4 Å². The van der Waals surface area contributed by atoms with Crippen molar-refractivity contribution in [3.05, 3.63) is 40.2 Å². The van der Waals surface area contributed by atoms with E-state index < -0.39 is 23.9 Å². The van der Waals surface area contributed by atoms with Gasteiger partial charge in [-0.05, 0) is 32.0 Å². The summed E-state index contributed by atoms with van der Waals surface area (Å²) in [5.41, 5.74) is 6.49. The van der Waals surface area contributed by atoms with Crippen LogP contribution in [0.15, 0.2) is 18.2 Å². The lowest BCUT2D eigenvalue weighted by Gasteiger charge is -2.14. The van der Waals surface area contributed by atoms with Crippen LogP contribution in [0.25, 0.3) is 0 Å². The Labute approximate surface area is 147 Å². The maximum atomic E-state index is 14.4. The van der Waals surface area contributed by atoms with Gasteiger partial charge in [0.25, 0.3) is 5.91 Å². The average molecular weight is 364 g/mol. The molecule has 3 N–H and O–H groups in total. The van der Waals surface area contributed by atoms with Crippen molar-refractivity contribution in [1.29, 1.82) is 0 Å². The molecule has 1 saturated heterocycles. The van der Waals surface area contributed by atoms with E-state index in [0.717, 1.165) is 16.6 Å². The molecule has 2 heterocycles. The highest BCUT2D eigenvalue weighted by molar-refractivity contribution is 7.15. The van der Waals surface area contributed by atoms with Gasteiger partial charge < -0.3 is 10.5 Å². The van der Waals surface area contributed by atoms with E-state index in [2.05, 4.69) is 10.3 Å². The van der Waals surface area contributed by atoms with Crippen molar-refractivity contribution in [1.82, 2.24) is 4.98 Å². The highest BCUT2D eigenvalue weighted by Gasteiger charge is 2.32. The number of ether oxygens (including phenoxy) is 1. The minimum atomic E-state index is -0.732. The number of hydrogen-bond acceptors (Lipinski definition) is 6. The molecule has 0 unspecified atom stereocenters. The summed E-state index contributed by atoms with van der Waals surface area (Å²) in [6.07, 6.45) is -1.00. The van der Waals surface area contributed by atoms with Crippen LogP contribution in [0.1, 0.15) is 20.9 Å². The Morgan fingerprint density at radius 1 is 1.52 bits per heavy atom. The van der Waals surface area contributed by atoms with Crippen molar-refractivity contribution in [2.75, 3.05) is 23.3 Å². The van der Waals surface area contributed by atoms with Gasteiger partial charge in [0.1, 0.15) is 11.9 Å². The Balaban J connectivity index is 1.77. The van der Waals surface area contributed by atoms with Crippen molar-refractivity contribution in [3.63, 3.8) is 0 Å². The van der Waals surface area contributed by atoms with Crippen LogP contribution < -0.4 is 16.0 Å². The molecule has 1 aliphatic heterocycles. The minimum Gasteiger partial charge on any atom is -0.443 e. The average Bonchev–Trinajstić information content (AvgIpc) is 3.09. The Bertz CT molecular complexity index is 819. The van der Waals surface area contributed by atoms with Gasteiger partial charge in [-0.3, -0.25) is 15.0 Å². The quantitative estimate of drug-likeness (QED) is 0.868. The van der Waals surface area contributed by atoms with Gasteiger partial charge in [0.2, 0.25) is 0 Å². The third-order valence-electron chi connectivity index (χ3n) is 3.89. The number of rotatable bonds is 4. The second-order valence-electron chi connectivity index (χ2n) is 5.63. The third kappa shape index (κ3) is 3.47. The van der Waals surface area contributed by atoms with Crippen molar-refractivity contribution in [2.24, 2.45) is 5.73 Å². The standard InChI is InChI=1S/C16H17FN4O3S/c1-8-9(2)25-15(19-8)20-14(22)12-4-3-10(5-13(12)17)21-7-11(6-18)24-16(21)23/h3-5,11H,6-7,18H2,1-2H3,(H,19,20,22)/t11-/m0/s1. The number of nitrogens with one attached hydrogen (secondary N) is 1. The predicted octanol–water partition coefficient (Wildman–Crippen LogP) is 2.44. The Hall–Kier alpha value is -2.52. The molecule has 7 nitrogen and oxygen atoms in total. The first kappa shape index (κ1) is 17.3. The van der Waals surface area contributed by atoms with E-state index in [1.54, 1.807) is 0 Å². The van der Waals surface area contributed by atoms with Gasteiger partial charge in [-0.15, -0.1) is 11.3 Å². The normalized spacial score (nSPS) is 16.9. The fraction of sp³-hybridized carbons (Fsp3) is 0.312. The maximum absolute atomic E-state index is 14.4. The molecule has 0 spiro atoms. The largest absolute Gasteiger partial charge is 0.443 e. The summed E-state index contributed by atoms with van der Waals surface area (Å²) < 4.78 is 19.4. The fourth-order valence-electron chi connectivity index (χ4n) is 2.40. The molecule has 3 rings (SSSR count). The number of carbonyl (C=O) groups is 2. The molecule has 2 amide bonds. The van der Waals surface area contributed by atoms with Crippen LogP contribution in [0, 0.1) is 19.7 Å². The van der Waals surface area contributed by atoms with Crippen molar-refractivity contribution in [2.45, 2.75) is 20.0 Å². The number of thiazole rings is 1. The van der Waals surface area contributed by atoms with Crippen molar-refractivity contribution in [3.8, 4) is 0 Å². The van der Waals surface area contributed by atoms with E-state index in [9.17, 15) is 14.0 Å². The van der Waals surface area contributed by atoms with Gasteiger partial charge in [-0.25, -0.2) is 14.2 Å². The van der Waals surface area contributed by atoms with E-state index >= 15 is 0 Å². The molecule has 9 heteroatoms. The summed E-state index contributed by atoms with van der Waals surface area (Å²) in [6.45, 7) is 4.16. The zero-order chi connectivity index (χ0) is 18.1. The molecule has 25 heavy (non-hydrogen) atoms. The Morgan fingerprint density at radius 3 is 2.84 bits per heavy atom. The molecule has 1 atom stereocenters. The first-order chi connectivity index (χ1) is 11.9. The number of nitrogens with two attached hydrogens (primary N) is 1. The molecule has 132 valence electrons. The molecular formula is C16H17FN4O3S. The first-order valence-corrected chi connectivity index (χ1v) is 8.44. The number of hydrogen-bond donors (Lipinski definition) is 2. The number of carbonyl (C=O) groups excluding carboxylic acids is 2. The summed E-state index contributed by atoms with van der Waals surface area (Å²) in [6, 6.07) is 3.96. The van der Waals surface area contributed by atoms with Crippen molar-refractivity contribution >= 4 is 34.2 Å². The summed E-state index contributed by atoms with van der Waals surface area (Å²) in [4.78, 5) is 30.5. The van der Waals surface area contributed by atoms with Crippen LogP contribution in [0.3, 0.4) is 0 Å². The molecular weight excluding hydrogens is 347 g/mol. The number of amides is 2. The summed E-state index contributed by atoms with van der Waals surface area (Å²) >= 11 is 1.32. The lowest BCUT2D eigenvalue weighted by Crippen LogP contribution is -2.27. The molecule has 0 aliphatic carbocycles. The third-order valence-corrected chi connectivity index (χ3v) is 4.88.